The number of nitrogens with two attached hydrogens (primary N) is 2. The Labute approximate surface area is 183 Å². The number of epoxide rings is 2. The van der Waals surface area contributed by atoms with Gasteiger partial charge in [-0.15, -0.1) is 0 Å². The van der Waals surface area contributed by atoms with E-state index >= 15 is 0 Å². The zero-order valence-electron chi connectivity index (χ0n) is 18.1. The number of unbranched alkanes of at least 4 members (excludes halogenated alkanes) is 1. The van der Waals surface area contributed by atoms with Crippen molar-refractivity contribution in [3.63, 3.8) is 0 Å². The fraction of sp³-hybridized carbons (Fsp3) is 0.895. The van der Waals surface area contributed by atoms with Gasteiger partial charge < -0.3 is 51.1 Å². The summed E-state index contributed by atoms with van der Waals surface area (Å²) in [6, 6.07) is 0. The number of aliphatic carboxylic acids is 2. The number of aliphatic hydroxyl groups is 1. The van der Waals surface area contributed by atoms with Crippen molar-refractivity contribution >= 4 is 11.9 Å². The van der Waals surface area contributed by atoms with Gasteiger partial charge in [0.15, 0.2) is 0 Å². The fourth-order valence-corrected chi connectivity index (χ4v) is 1.94. The average molecular weight is 454 g/mol. The zero-order chi connectivity index (χ0) is 23.3. The molecule has 8 N–H and O–H groups in total. The van der Waals surface area contributed by atoms with Crippen molar-refractivity contribution in [2.24, 2.45) is 11.5 Å². The van der Waals surface area contributed by atoms with Crippen molar-refractivity contribution in [3.8, 4) is 0 Å². The van der Waals surface area contributed by atoms with Crippen LogP contribution in [0.3, 0.4) is 0 Å². The Morgan fingerprint density at radius 1 is 0.968 bits per heavy atom. The lowest BCUT2D eigenvalue weighted by molar-refractivity contribution is -0.139. The molecule has 2 fully saturated rings. The molecule has 3 unspecified atom stereocenters. The largest absolute Gasteiger partial charge is 0.481 e. The van der Waals surface area contributed by atoms with Crippen LogP contribution in [0.5, 0.6) is 0 Å². The number of nitrogens with one attached hydrogen (secondary N) is 1. The van der Waals surface area contributed by atoms with Crippen molar-refractivity contribution in [2.45, 2.75) is 44.0 Å². The van der Waals surface area contributed by atoms with Gasteiger partial charge in [-0.2, -0.15) is 0 Å². The lowest BCUT2D eigenvalue weighted by Crippen LogP contribution is -2.27. The predicted molar refractivity (Wildman–Crippen MR) is 112 cm³/mol. The number of aliphatic hydroxyl groups excluding tert-OH is 1. The SMILES string of the molecule is NCCNCCN.O=C(O)CCCCC(=O)O.OCC(COCC1CO1)OCC1CO1. The van der Waals surface area contributed by atoms with Crippen LogP contribution in [0.15, 0.2) is 0 Å². The van der Waals surface area contributed by atoms with Crippen LogP contribution in [-0.4, -0.2) is 111 Å². The number of rotatable bonds is 17. The average Bonchev–Trinajstić information content (AvgIpc) is 3.64. The van der Waals surface area contributed by atoms with Gasteiger partial charge in [0.1, 0.15) is 18.3 Å². The number of carbonyl (C=O) groups is 2. The minimum atomic E-state index is -0.870. The maximum absolute atomic E-state index is 9.90. The van der Waals surface area contributed by atoms with Gasteiger partial charge in [-0.3, -0.25) is 9.59 Å². The summed E-state index contributed by atoms with van der Waals surface area (Å²) in [6.45, 7) is 6.25. The van der Waals surface area contributed by atoms with Gasteiger partial charge in [-0.25, -0.2) is 0 Å². The van der Waals surface area contributed by atoms with Crippen LogP contribution in [0.4, 0.5) is 0 Å². The van der Waals surface area contributed by atoms with Crippen molar-refractivity contribution < 1.29 is 43.9 Å². The van der Waals surface area contributed by atoms with E-state index in [1.165, 1.54) is 0 Å². The van der Waals surface area contributed by atoms with Gasteiger partial charge >= 0.3 is 11.9 Å². The molecule has 12 nitrogen and oxygen atoms in total. The van der Waals surface area contributed by atoms with Crippen molar-refractivity contribution in [3.05, 3.63) is 0 Å². The van der Waals surface area contributed by atoms with Crippen LogP contribution in [-0.2, 0) is 28.5 Å². The summed E-state index contributed by atoms with van der Waals surface area (Å²) in [7, 11) is 0. The molecule has 2 rings (SSSR count). The van der Waals surface area contributed by atoms with E-state index in [9.17, 15) is 9.59 Å². The zero-order valence-corrected chi connectivity index (χ0v) is 18.1. The van der Waals surface area contributed by atoms with E-state index in [4.69, 9.17) is 45.7 Å². The molecule has 0 aromatic heterocycles. The Morgan fingerprint density at radius 3 is 1.84 bits per heavy atom. The molecule has 2 saturated heterocycles. The molecule has 0 saturated carbocycles. The van der Waals surface area contributed by atoms with Crippen LogP contribution < -0.4 is 16.8 Å². The molecule has 0 aliphatic carbocycles. The molecule has 3 atom stereocenters. The van der Waals surface area contributed by atoms with Crippen LogP contribution in [0, 0.1) is 0 Å². The lowest BCUT2D eigenvalue weighted by Gasteiger charge is -2.14. The van der Waals surface area contributed by atoms with E-state index in [0.717, 1.165) is 26.3 Å². The molecule has 2 aliphatic heterocycles. The van der Waals surface area contributed by atoms with Crippen LogP contribution in [0.2, 0.25) is 0 Å². The third-order valence-electron chi connectivity index (χ3n) is 3.81. The molecule has 2 heterocycles. The van der Waals surface area contributed by atoms with E-state index < -0.39 is 11.9 Å². The monoisotopic (exact) mass is 453 g/mol. The van der Waals surface area contributed by atoms with Gasteiger partial charge in [0, 0.05) is 39.0 Å². The van der Waals surface area contributed by atoms with Crippen molar-refractivity contribution in [2.75, 3.05) is 65.8 Å². The minimum Gasteiger partial charge on any atom is -0.481 e. The molecule has 0 radical (unpaired) electrons. The Hall–Kier alpha value is -1.38. The summed E-state index contributed by atoms with van der Waals surface area (Å²) in [5.74, 6) is -1.74. The molecule has 0 aromatic carbocycles. The third-order valence-corrected chi connectivity index (χ3v) is 3.81. The molecule has 2 aliphatic rings. The third kappa shape index (κ3) is 24.8. The molecule has 0 aromatic rings. The second-order valence-corrected chi connectivity index (χ2v) is 6.91. The van der Waals surface area contributed by atoms with Gasteiger partial charge in [0.05, 0.1) is 39.6 Å². The van der Waals surface area contributed by atoms with Gasteiger partial charge in [0.2, 0.25) is 0 Å². The summed E-state index contributed by atoms with van der Waals surface area (Å²) in [6.07, 6.45) is 1.28. The number of carboxylic acid groups (broad SMARTS) is 2. The maximum Gasteiger partial charge on any atom is 0.303 e. The van der Waals surface area contributed by atoms with Crippen LogP contribution >= 0.6 is 0 Å². The first kappa shape index (κ1) is 29.6. The summed E-state index contributed by atoms with van der Waals surface area (Å²) in [5.41, 5.74) is 10.3. The van der Waals surface area contributed by atoms with E-state index in [1.807, 2.05) is 0 Å². The highest BCUT2D eigenvalue weighted by Gasteiger charge is 2.25. The highest BCUT2D eigenvalue weighted by atomic mass is 16.6. The molecule has 0 spiro atoms. The lowest BCUT2D eigenvalue weighted by atomic mass is 10.2. The molecular weight excluding hydrogens is 414 g/mol. The molecule has 0 amide bonds. The van der Waals surface area contributed by atoms with Gasteiger partial charge in [0.25, 0.3) is 0 Å². The summed E-state index contributed by atoms with van der Waals surface area (Å²) in [5, 5.41) is 28.3. The second kappa shape index (κ2) is 20.5. The van der Waals surface area contributed by atoms with E-state index in [1.54, 1.807) is 0 Å². The highest BCUT2D eigenvalue weighted by Crippen LogP contribution is 2.11. The Morgan fingerprint density at radius 2 is 1.45 bits per heavy atom. The number of hydrogen-bond acceptors (Lipinski definition) is 10. The van der Waals surface area contributed by atoms with E-state index in [2.05, 4.69) is 5.32 Å². The van der Waals surface area contributed by atoms with Crippen LogP contribution in [0.25, 0.3) is 0 Å². The Balaban J connectivity index is 0.000000468. The molecule has 184 valence electrons. The summed E-state index contributed by atoms with van der Waals surface area (Å²) < 4.78 is 20.7. The number of hydrogen-bond donors (Lipinski definition) is 6. The van der Waals surface area contributed by atoms with Crippen LogP contribution in [0.1, 0.15) is 25.7 Å². The molecular formula is C19H39N3O9. The van der Waals surface area contributed by atoms with Gasteiger partial charge in [-0.05, 0) is 12.8 Å². The fourth-order valence-electron chi connectivity index (χ4n) is 1.94. The molecule has 31 heavy (non-hydrogen) atoms. The van der Waals surface area contributed by atoms with Gasteiger partial charge in [-0.1, -0.05) is 0 Å². The first-order valence-corrected chi connectivity index (χ1v) is 10.5. The molecule has 12 heteroatoms. The smallest absolute Gasteiger partial charge is 0.303 e. The summed E-state index contributed by atoms with van der Waals surface area (Å²) in [4.78, 5) is 19.8. The predicted octanol–water partition coefficient (Wildman–Crippen LogP) is -1.61. The summed E-state index contributed by atoms with van der Waals surface area (Å²) >= 11 is 0. The standard InChI is InChI=1S/C9H16O5.C6H10O4.C4H13N3/c10-1-7(12-5-9-6-14-9)2-11-3-8-4-13-8;7-5(8)3-1-2-4-6(9)10;5-1-3-7-4-2-6/h7-10H,1-6H2;1-4H2,(H,7,8)(H,9,10);7H,1-6H2. The first-order valence-electron chi connectivity index (χ1n) is 10.5. The number of ether oxygens (including phenoxy) is 4. The number of carboxylic acids is 2. The van der Waals surface area contributed by atoms with Crippen molar-refractivity contribution in [1.82, 2.24) is 5.32 Å². The quantitative estimate of drug-likeness (QED) is 0.109. The second-order valence-electron chi connectivity index (χ2n) is 6.91. The Bertz CT molecular complexity index is 429. The molecule has 0 bridgehead atoms. The maximum atomic E-state index is 9.90. The van der Waals surface area contributed by atoms with E-state index in [0.29, 0.717) is 45.8 Å². The van der Waals surface area contributed by atoms with E-state index in [-0.39, 0.29) is 37.8 Å². The first-order chi connectivity index (χ1) is 14.9. The minimum absolute atomic E-state index is 0.0156. The topological polar surface area (TPSA) is 202 Å². The normalized spacial score (nSPS) is 19.3. The Kier molecular flexibility index (Phi) is 19.6. The van der Waals surface area contributed by atoms with Crippen molar-refractivity contribution in [1.29, 1.82) is 0 Å². The highest BCUT2D eigenvalue weighted by molar-refractivity contribution is 5.67.